The summed E-state index contributed by atoms with van der Waals surface area (Å²) >= 11 is 0. The number of aliphatic hydroxyl groups excluding tert-OH is 2. The lowest BCUT2D eigenvalue weighted by molar-refractivity contribution is -0.161. The first-order valence-corrected chi connectivity index (χ1v) is 30.6. The number of aromatic nitrogens is 2. The van der Waals surface area contributed by atoms with Crippen LogP contribution in [0.2, 0.25) is 0 Å². The van der Waals surface area contributed by atoms with Crippen LogP contribution in [0.25, 0.3) is 0 Å². The zero-order valence-electron chi connectivity index (χ0n) is 45.0. The van der Waals surface area contributed by atoms with E-state index in [1.54, 1.807) is 0 Å². The lowest BCUT2D eigenvalue weighted by Gasteiger charge is -2.21. The fraction of sp³-hybridized carbons (Fsp3) is 0.673. The van der Waals surface area contributed by atoms with Gasteiger partial charge in [0.05, 0.1) is 25.4 Å². The number of epoxide rings is 1. The summed E-state index contributed by atoms with van der Waals surface area (Å²) in [5.74, 6) is -1.39. The van der Waals surface area contributed by atoms with Crippen molar-refractivity contribution in [2.45, 2.75) is 217 Å². The quantitative estimate of drug-likeness (QED) is 0.0133. The molecule has 0 aromatic carbocycles. The fourth-order valence-corrected chi connectivity index (χ4v) is 10.1. The number of carbonyl (C=O) groups is 2. The minimum absolute atomic E-state index is 0.0169. The van der Waals surface area contributed by atoms with E-state index >= 15 is 0 Å². The van der Waals surface area contributed by atoms with Gasteiger partial charge in [0.15, 0.2) is 12.3 Å². The van der Waals surface area contributed by atoms with Crippen LogP contribution in [0.5, 0.6) is 0 Å². The Bertz CT molecular complexity index is 2130. The summed E-state index contributed by atoms with van der Waals surface area (Å²) in [4.78, 5) is 62.1. The van der Waals surface area contributed by atoms with E-state index in [9.17, 15) is 43.5 Å². The first-order valence-electron chi connectivity index (χ1n) is 27.6. The van der Waals surface area contributed by atoms with Crippen molar-refractivity contribution in [2.75, 3.05) is 25.6 Å². The molecule has 21 heteroatoms. The second-order valence-electron chi connectivity index (χ2n) is 19.1. The number of unbranched alkanes of at least 4 members (excludes halogenated alkanes) is 14. The summed E-state index contributed by atoms with van der Waals surface area (Å²) in [7, 11) is -10.9. The molecule has 0 radical (unpaired) electrons. The number of allylic oxidation sites excluding steroid dienone is 10. The number of rotatable bonds is 44. The summed E-state index contributed by atoms with van der Waals surface area (Å²) in [6.07, 6.45) is 42.8. The topological polar surface area (TPSA) is 278 Å². The molecular weight excluding hydrogens is 1020 g/mol. The molecule has 9 atom stereocenters. The number of carbonyl (C=O) groups excluding carboxylic acids is 2. The molecule has 2 aliphatic heterocycles. The zero-order chi connectivity index (χ0) is 55.3. The van der Waals surface area contributed by atoms with E-state index in [2.05, 4.69) is 83.9 Å². The van der Waals surface area contributed by atoms with E-state index in [0.29, 0.717) is 19.3 Å². The maximum Gasteiger partial charge on any atom is 0.481 e. The molecule has 0 bridgehead atoms. The zero-order valence-corrected chi connectivity index (χ0v) is 46.8. The Morgan fingerprint density at radius 2 is 1.14 bits per heavy atom. The third-order valence-electron chi connectivity index (χ3n) is 12.4. The molecule has 0 spiro atoms. The Labute approximate surface area is 450 Å². The predicted octanol–water partition coefficient (Wildman–Crippen LogP) is 11.0. The first kappa shape index (κ1) is 66.4. The molecule has 3 heterocycles. The van der Waals surface area contributed by atoms with Crippen molar-refractivity contribution in [2.24, 2.45) is 0 Å². The van der Waals surface area contributed by atoms with Crippen molar-refractivity contribution in [3.05, 3.63) is 95.7 Å². The number of hydrogen-bond acceptors (Lipinski definition) is 16. The van der Waals surface area contributed by atoms with Crippen LogP contribution >= 0.6 is 15.6 Å². The SMILES string of the molecule is CCCCC/C=C\C/C=C\CC1OC1C/C=C\CCCC(=O)OC[C@H](COP(=O)(O)OP(=O)(O)OC[C@H]1O[C@@H](n2ccc(N)nc2=O)[C@H](O)[C@@H]1O)OC(=O)CCCCCCCC/C=C\C/C=C\C/C=C\CCCCCC. The largest absolute Gasteiger partial charge is 0.481 e. The number of phosphoric acid groups is 2. The van der Waals surface area contributed by atoms with Gasteiger partial charge in [0.25, 0.3) is 0 Å². The number of nitrogen functional groups attached to an aromatic ring is 1. The van der Waals surface area contributed by atoms with Crippen molar-refractivity contribution >= 4 is 33.4 Å². The molecule has 2 fully saturated rings. The lowest BCUT2D eigenvalue weighted by atomic mass is 10.1. The highest BCUT2D eigenvalue weighted by atomic mass is 31.3. The molecule has 6 N–H and O–H groups in total. The van der Waals surface area contributed by atoms with E-state index in [4.69, 9.17) is 33.7 Å². The number of nitrogens with two attached hydrogens (primary N) is 1. The number of phosphoric ester groups is 2. The number of esters is 2. The van der Waals surface area contributed by atoms with Crippen LogP contribution in [0.1, 0.15) is 181 Å². The van der Waals surface area contributed by atoms with Crippen molar-refractivity contribution in [3.63, 3.8) is 0 Å². The van der Waals surface area contributed by atoms with Gasteiger partial charge in [0.2, 0.25) is 0 Å². The smallest absolute Gasteiger partial charge is 0.462 e. The van der Waals surface area contributed by atoms with Crippen molar-refractivity contribution in [3.8, 4) is 0 Å². The second-order valence-corrected chi connectivity index (χ2v) is 22.2. The molecule has 0 saturated carbocycles. The molecule has 1 aromatic rings. The van der Waals surface area contributed by atoms with E-state index in [0.717, 1.165) is 94.2 Å². The summed E-state index contributed by atoms with van der Waals surface area (Å²) in [6, 6.07) is 1.24. The van der Waals surface area contributed by atoms with Gasteiger partial charge in [-0.05, 0) is 96.0 Å². The molecule has 0 aliphatic carbocycles. The average molecular weight is 1110 g/mol. The molecular formula is C55H89N3O16P2. The highest BCUT2D eigenvalue weighted by Crippen LogP contribution is 2.60. The number of anilines is 1. The first-order chi connectivity index (χ1) is 36.6. The van der Waals surface area contributed by atoms with E-state index in [1.165, 1.54) is 51.0 Å². The van der Waals surface area contributed by atoms with Crippen molar-refractivity contribution in [1.29, 1.82) is 0 Å². The predicted molar refractivity (Wildman–Crippen MR) is 293 cm³/mol. The van der Waals surface area contributed by atoms with Gasteiger partial charge in [-0.2, -0.15) is 9.29 Å². The average Bonchev–Trinajstić information content (AvgIpc) is 4.07. The summed E-state index contributed by atoms with van der Waals surface area (Å²) in [6.45, 7) is 2.04. The number of ether oxygens (including phenoxy) is 4. The van der Waals surface area contributed by atoms with E-state index in [1.807, 2.05) is 12.2 Å². The highest BCUT2D eigenvalue weighted by molar-refractivity contribution is 7.61. The highest BCUT2D eigenvalue weighted by Gasteiger charge is 2.46. The van der Waals surface area contributed by atoms with Crippen molar-refractivity contribution in [1.82, 2.24) is 9.55 Å². The van der Waals surface area contributed by atoms with Crippen LogP contribution in [0.3, 0.4) is 0 Å². The van der Waals surface area contributed by atoms with Crippen LogP contribution in [0.15, 0.2) is 90.0 Å². The molecule has 76 heavy (non-hydrogen) atoms. The molecule has 2 aliphatic rings. The fourth-order valence-electron chi connectivity index (χ4n) is 8.00. The second kappa shape index (κ2) is 39.5. The van der Waals surface area contributed by atoms with Gasteiger partial charge in [-0.25, -0.2) is 13.9 Å². The molecule has 19 nitrogen and oxygen atoms in total. The van der Waals surface area contributed by atoms with Crippen LogP contribution < -0.4 is 11.4 Å². The normalized spacial score (nSPS) is 21.9. The van der Waals surface area contributed by atoms with Gasteiger partial charge in [-0.15, -0.1) is 0 Å². The molecule has 3 rings (SSSR count). The summed E-state index contributed by atoms with van der Waals surface area (Å²) in [5, 5.41) is 21.0. The van der Waals surface area contributed by atoms with Gasteiger partial charge in [-0.1, -0.05) is 145 Å². The van der Waals surface area contributed by atoms with Crippen LogP contribution in [0.4, 0.5) is 5.82 Å². The standard InChI is InChI=1S/C55H89N3O16P2/c1-3-5-7-9-11-13-14-15-16-17-18-19-20-21-22-23-25-27-29-35-39-51(60)71-45(42-68-50(59)38-34-31-30-33-37-47-46(72-47)36-32-28-26-24-12-10-8-6-4-2)43-69-75(64,65)74-76(66,67)70-44-48-52(61)53(62)54(73-48)58-41-40-49(56)57-55(58)63/h12-14,16-17,19-20,24,28,30,32-33,40-41,45-48,52-54,61-62H,3-11,15,18,21-23,25-27,29,31,34-39,42-44H2,1-2H3,(H,64,65)(H,66,67)(H2,56,57,63)/b14-13-,17-16-,20-19-,24-12-,32-28-,33-30-/t45-,46?,47?,48-,52-,53-,54-/m1/s1. The van der Waals surface area contributed by atoms with Gasteiger partial charge in [-0.3, -0.25) is 23.2 Å². The Hall–Kier alpha value is -3.84. The van der Waals surface area contributed by atoms with Gasteiger partial charge >= 0.3 is 33.3 Å². The number of nitrogens with zero attached hydrogens (tertiary/aromatic N) is 2. The Morgan fingerprint density at radius 1 is 0.645 bits per heavy atom. The van der Waals surface area contributed by atoms with Gasteiger partial charge in [0, 0.05) is 19.0 Å². The van der Waals surface area contributed by atoms with E-state index in [-0.39, 0.29) is 30.9 Å². The lowest BCUT2D eigenvalue weighted by Crippen LogP contribution is -2.36. The van der Waals surface area contributed by atoms with E-state index < -0.39 is 83.7 Å². The van der Waals surface area contributed by atoms with Gasteiger partial charge < -0.3 is 44.7 Å². The Morgan fingerprint density at radius 3 is 1.78 bits per heavy atom. The van der Waals surface area contributed by atoms with Crippen LogP contribution in [-0.4, -0.2) is 97.9 Å². The minimum Gasteiger partial charge on any atom is -0.462 e. The molecule has 0 amide bonds. The number of aliphatic hydroxyl groups is 2. The third-order valence-corrected chi connectivity index (χ3v) is 15.0. The summed E-state index contributed by atoms with van der Waals surface area (Å²) in [5.41, 5.74) is 4.59. The third kappa shape index (κ3) is 30.9. The number of hydrogen-bond donors (Lipinski definition) is 5. The van der Waals surface area contributed by atoms with Crippen LogP contribution in [0, 0.1) is 0 Å². The molecule has 2 saturated heterocycles. The molecule has 4 unspecified atom stereocenters. The van der Waals surface area contributed by atoms with Gasteiger partial charge in [0.1, 0.15) is 30.7 Å². The van der Waals surface area contributed by atoms with Crippen LogP contribution in [-0.2, 0) is 51.0 Å². The maximum absolute atomic E-state index is 12.9. The summed E-state index contributed by atoms with van der Waals surface area (Å²) < 4.78 is 62.7. The maximum atomic E-state index is 12.9. The molecule has 430 valence electrons. The Kier molecular flexibility index (Phi) is 34.5. The molecule has 1 aromatic heterocycles. The Balaban J connectivity index is 1.40. The monoisotopic (exact) mass is 1110 g/mol. The van der Waals surface area contributed by atoms with Crippen molar-refractivity contribution < 1.29 is 71.0 Å². The minimum atomic E-state index is -5.45.